The number of rotatable bonds is 21. The molecule has 1 aliphatic rings. The van der Waals surface area contributed by atoms with Gasteiger partial charge in [0.15, 0.2) is 6.61 Å². The number of nitrogens with zero attached hydrogens (tertiary/aromatic N) is 3. The Kier molecular flexibility index (Phi) is 14.6. The summed E-state index contributed by atoms with van der Waals surface area (Å²) in [5, 5.41) is 25.2. The summed E-state index contributed by atoms with van der Waals surface area (Å²) < 4.78 is 7.35. The van der Waals surface area contributed by atoms with Crippen LogP contribution in [0.15, 0.2) is 84.0 Å². The maximum Gasteiger partial charge on any atom is 0.348 e. The predicted octanol–water partition coefficient (Wildman–Crippen LogP) is 8.51. The van der Waals surface area contributed by atoms with E-state index in [1.807, 2.05) is 72.3 Å². The fraction of sp³-hybridized carbons (Fsp3) is 0.372. The van der Waals surface area contributed by atoms with Gasteiger partial charge in [-0.05, 0) is 47.9 Å². The zero-order valence-corrected chi connectivity index (χ0v) is 31.1. The van der Waals surface area contributed by atoms with Crippen LogP contribution >= 0.6 is 0 Å². The highest BCUT2D eigenvalue weighted by atomic mass is 16.7. The molecule has 0 saturated heterocycles. The maximum atomic E-state index is 12.5. The molecule has 3 N–H and O–H groups in total. The summed E-state index contributed by atoms with van der Waals surface area (Å²) in [4.78, 5) is 45.0. The molecule has 4 aromatic rings. The first-order valence-electron chi connectivity index (χ1n) is 18.9. The van der Waals surface area contributed by atoms with Gasteiger partial charge in [-0.1, -0.05) is 118 Å². The first-order valence-corrected chi connectivity index (χ1v) is 18.9. The van der Waals surface area contributed by atoms with Gasteiger partial charge in [-0.15, -0.1) is 0 Å². The SMILES string of the molecule is CCCCCCCCCCCCNC(=O)/C=C/c1ccc(-c2nc(-c3ccc(C4=NOC(C(=O)O)C4)cc3)n(C)c2-c2ccc(OCC(=O)O)cc2)cc1. The number of carbonyl (C=O) groups excluding carboxylic acids is 1. The van der Waals surface area contributed by atoms with E-state index in [4.69, 9.17) is 19.7 Å². The van der Waals surface area contributed by atoms with Crippen molar-refractivity contribution >= 4 is 29.6 Å². The Morgan fingerprint density at radius 3 is 2.02 bits per heavy atom. The van der Waals surface area contributed by atoms with Gasteiger partial charge >= 0.3 is 11.9 Å². The summed E-state index contributed by atoms with van der Waals surface area (Å²) in [6, 6.07) is 22.6. The second-order valence-corrected chi connectivity index (χ2v) is 13.6. The van der Waals surface area contributed by atoms with E-state index >= 15 is 0 Å². The van der Waals surface area contributed by atoms with Gasteiger partial charge in [0.2, 0.25) is 12.0 Å². The van der Waals surface area contributed by atoms with E-state index < -0.39 is 24.6 Å². The molecule has 284 valence electrons. The third-order valence-electron chi connectivity index (χ3n) is 9.45. The van der Waals surface area contributed by atoms with Crippen LogP contribution in [0.25, 0.3) is 40.0 Å². The van der Waals surface area contributed by atoms with Gasteiger partial charge in [-0.25, -0.2) is 14.6 Å². The lowest BCUT2D eigenvalue weighted by molar-refractivity contribution is -0.148. The number of hydrogen-bond acceptors (Lipinski definition) is 7. The highest BCUT2D eigenvalue weighted by Gasteiger charge is 2.28. The van der Waals surface area contributed by atoms with Gasteiger partial charge in [0, 0.05) is 42.8 Å². The summed E-state index contributed by atoms with van der Waals surface area (Å²) in [6.07, 6.45) is 15.1. The number of oxime groups is 1. The number of amides is 1. The van der Waals surface area contributed by atoms with Gasteiger partial charge in [0.25, 0.3) is 0 Å². The first kappa shape index (κ1) is 39.5. The number of unbranched alkanes of at least 4 members (excludes halogenated alkanes) is 9. The molecule has 0 bridgehead atoms. The predicted molar refractivity (Wildman–Crippen MR) is 210 cm³/mol. The molecule has 1 atom stereocenters. The molecule has 1 aromatic heterocycles. The largest absolute Gasteiger partial charge is 0.482 e. The molecule has 5 rings (SSSR count). The van der Waals surface area contributed by atoms with Crippen molar-refractivity contribution in [3.05, 3.63) is 90.0 Å². The van der Waals surface area contributed by atoms with E-state index in [1.54, 1.807) is 24.3 Å². The smallest absolute Gasteiger partial charge is 0.348 e. The Labute approximate surface area is 316 Å². The fourth-order valence-corrected chi connectivity index (χ4v) is 6.44. The molecule has 11 heteroatoms. The molecule has 0 fully saturated rings. The summed E-state index contributed by atoms with van der Waals surface area (Å²) >= 11 is 0. The van der Waals surface area contributed by atoms with Crippen LogP contribution in [0.2, 0.25) is 0 Å². The number of aliphatic carboxylic acids is 2. The van der Waals surface area contributed by atoms with Gasteiger partial charge in [0.05, 0.1) is 17.1 Å². The third kappa shape index (κ3) is 11.1. The van der Waals surface area contributed by atoms with Crippen LogP contribution in [0, 0.1) is 0 Å². The molecular formula is C43H50N4O7. The zero-order valence-electron chi connectivity index (χ0n) is 31.1. The van der Waals surface area contributed by atoms with E-state index in [0.29, 0.717) is 23.8 Å². The highest BCUT2D eigenvalue weighted by Crippen LogP contribution is 2.36. The van der Waals surface area contributed by atoms with Crippen LogP contribution in [-0.2, 0) is 26.3 Å². The van der Waals surface area contributed by atoms with Crippen molar-refractivity contribution in [2.24, 2.45) is 12.2 Å². The average molecular weight is 735 g/mol. The van der Waals surface area contributed by atoms with Gasteiger partial charge in [0.1, 0.15) is 11.6 Å². The monoisotopic (exact) mass is 734 g/mol. The first-order chi connectivity index (χ1) is 26.2. The number of hydrogen-bond donors (Lipinski definition) is 3. The van der Waals surface area contributed by atoms with Crippen molar-refractivity contribution in [1.82, 2.24) is 14.9 Å². The molecule has 11 nitrogen and oxygen atoms in total. The van der Waals surface area contributed by atoms with Crippen LogP contribution in [0.4, 0.5) is 0 Å². The second-order valence-electron chi connectivity index (χ2n) is 13.6. The molecule has 54 heavy (non-hydrogen) atoms. The van der Waals surface area contributed by atoms with Crippen molar-refractivity contribution in [2.75, 3.05) is 13.2 Å². The Bertz CT molecular complexity index is 1910. The number of aromatic nitrogens is 2. The van der Waals surface area contributed by atoms with Crippen LogP contribution in [-0.4, -0.2) is 62.6 Å². The quantitative estimate of drug-likeness (QED) is 0.0569. The lowest BCUT2D eigenvalue weighted by atomic mass is 10.0. The Morgan fingerprint density at radius 2 is 1.41 bits per heavy atom. The van der Waals surface area contributed by atoms with Crippen molar-refractivity contribution in [3.8, 4) is 39.7 Å². The summed E-state index contributed by atoms with van der Waals surface area (Å²) in [5.74, 6) is -1.07. The molecule has 0 spiro atoms. The molecule has 0 aliphatic carbocycles. The molecule has 1 amide bonds. The van der Waals surface area contributed by atoms with Crippen molar-refractivity contribution in [1.29, 1.82) is 0 Å². The van der Waals surface area contributed by atoms with E-state index in [9.17, 15) is 19.5 Å². The molecule has 0 saturated carbocycles. The molecule has 1 aliphatic heterocycles. The Balaban J connectivity index is 1.26. The second kappa shape index (κ2) is 19.9. The average Bonchev–Trinajstić information content (AvgIpc) is 3.81. The molecule has 0 radical (unpaired) electrons. The summed E-state index contributed by atoms with van der Waals surface area (Å²) in [7, 11) is 1.93. The number of carboxylic acids is 2. The number of carbonyl (C=O) groups is 3. The van der Waals surface area contributed by atoms with Crippen molar-refractivity contribution in [3.63, 3.8) is 0 Å². The third-order valence-corrected chi connectivity index (χ3v) is 9.45. The number of carboxylic acid groups (broad SMARTS) is 2. The van der Waals surface area contributed by atoms with Gasteiger partial charge in [-0.3, -0.25) is 4.79 Å². The van der Waals surface area contributed by atoms with Gasteiger partial charge < -0.3 is 29.7 Å². The van der Waals surface area contributed by atoms with Crippen molar-refractivity contribution in [2.45, 2.75) is 83.7 Å². The lowest BCUT2D eigenvalue weighted by Crippen LogP contribution is -2.21. The molecular weight excluding hydrogens is 684 g/mol. The van der Waals surface area contributed by atoms with Crippen molar-refractivity contribution < 1.29 is 34.2 Å². The minimum Gasteiger partial charge on any atom is -0.482 e. The Hall–Kier alpha value is -5.71. The Morgan fingerprint density at radius 1 is 0.815 bits per heavy atom. The molecule has 2 heterocycles. The molecule has 1 unspecified atom stereocenters. The number of nitrogens with one attached hydrogen (secondary N) is 1. The van der Waals surface area contributed by atoms with Crippen LogP contribution < -0.4 is 10.1 Å². The maximum absolute atomic E-state index is 12.5. The number of imidazole rings is 1. The van der Waals surface area contributed by atoms with E-state index in [2.05, 4.69) is 17.4 Å². The number of benzene rings is 3. The number of ether oxygens (including phenoxy) is 1. The van der Waals surface area contributed by atoms with Crippen LogP contribution in [0.5, 0.6) is 5.75 Å². The summed E-state index contributed by atoms with van der Waals surface area (Å²) in [5.41, 5.74) is 6.36. The zero-order chi connectivity index (χ0) is 38.3. The van der Waals surface area contributed by atoms with E-state index in [0.717, 1.165) is 52.0 Å². The fourth-order valence-electron chi connectivity index (χ4n) is 6.44. The molecule has 3 aromatic carbocycles. The topological polar surface area (TPSA) is 152 Å². The van der Waals surface area contributed by atoms with Gasteiger partial charge in [-0.2, -0.15) is 0 Å². The van der Waals surface area contributed by atoms with Crippen LogP contribution in [0.3, 0.4) is 0 Å². The minimum atomic E-state index is -1.05. The normalized spacial score (nSPS) is 13.8. The summed E-state index contributed by atoms with van der Waals surface area (Å²) in [6.45, 7) is 2.48. The van der Waals surface area contributed by atoms with E-state index in [-0.39, 0.29) is 12.3 Å². The van der Waals surface area contributed by atoms with E-state index in [1.165, 1.54) is 51.4 Å². The standard InChI is InChI=1S/C43H50N4O7/c1-3-4-5-6-7-8-9-10-11-12-27-44-38(48)26-15-30-13-16-32(17-14-30)40-41(33-22-24-35(25-23-33)53-29-39(49)50)47(2)42(45-40)34-20-18-31(19-21-34)36-28-37(43(51)52)54-46-36/h13-26,37H,3-12,27-29H2,1-2H3,(H,44,48)(H,49,50)(H,51,52)/b26-15+. The van der Waals surface area contributed by atoms with Crippen LogP contribution in [0.1, 0.15) is 88.7 Å². The minimum absolute atomic E-state index is 0.109. The highest BCUT2D eigenvalue weighted by molar-refractivity contribution is 6.03. The lowest BCUT2D eigenvalue weighted by Gasteiger charge is -2.10.